The third-order valence-corrected chi connectivity index (χ3v) is 20.4. The Bertz CT molecular complexity index is 6090. The van der Waals surface area contributed by atoms with Crippen LogP contribution in [0.1, 0.15) is 25.0 Å². The molecule has 3 aromatic heterocycles. The molecule has 0 spiro atoms. The van der Waals surface area contributed by atoms with Gasteiger partial charge < -0.3 is 18.6 Å². The van der Waals surface area contributed by atoms with E-state index in [-0.39, 0.29) is 5.41 Å². The number of rotatable bonds is 10. The van der Waals surface area contributed by atoms with E-state index < -0.39 is 0 Å². The first kappa shape index (κ1) is 54.5. The Hall–Kier alpha value is -12.2. The van der Waals surface area contributed by atoms with Gasteiger partial charge in [-0.25, -0.2) is 0 Å². The van der Waals surface area contributed by atoms with Gasteiger partial charge in [0.2, 0.25) is 0 Å². The summed E-state index contributed by atoms with van der Waals surface area (Å²) >= 11 is 0. The van der Waals surface area contributed by atoms with Crippen molar-refractivity contribution in [2.24, 2.45) is 0 Å². The summed E-state index contributed by atoms with van der Waals surface area (Å²) < 4.78 is 7.20. The molecule has 0 aliphatic heterocycles. The van der Waals surface area contributed by atoms with Gasteiger partial charge in [0.25, 0.3) is 0 Å². The van der Waals surface area contributed by atoms with Crippen molar-refractivity contribution in [3.63, 3.8) is 0 Å². The highest BCUT2D eigenvalue weighted by molar-refractivity contribution is 6.14. The first-order valence-corrected chi connectivity index (χ1v) is 33.0. The number of hydrogen-bond acceptors (Lipinski definition) is 1. The summed E-state index contributed by atoms with van der Waals surface area (Å²) in [7, 11) is 0. The third-order valence-electron chi connectivity index (χ3n) is 20.4. The van der Waals surface area contributed by atoms with Crippen molar-refractivity contribution >= 4 is 93.3 Å². The van der Waals surface area contributed by atoms with Crippen molar-refractivity contribution in [3.8, 4) is 72.7 Å². The van der Waals surface area contributed by atoms with Crippen molar-refractivity contribution in [2.45, 2.75) is 19.3 Å². The second kappa shape index (κ2) is 21.4. The molecule has 4 nitrogen and oxygen atoms in total. The zero-order valence-electron chi connectivity index (χ0n) is 52.6. The van der Waals surface area contributed by atoms with Gasteiger partial charge in [0.15, 0.2) is 0 Å². The highest BCUT2D eigenvalue weighted by Crippen LogP contribution is 2.53. The van der Waals surface area contributed by atoms with Crippen LogP contribution >= 0.6 is 0 Å². The molecule has 15 aromatic carbocycles. The normalized spacial score (nSPS) is 12.6. The van der Waals surface area contributed by atoms with Crippen LogP contribution in [0.3, 0.4) is 0 Å². The Labute approximate surface area is 551 Å². The van der Waals surface area contributed by atoms with Crippen LogP contribution in [-0.2, 0) is 5.41 Å². The summed E-state index contributed by atoms with van der Waals surface area (Å²) in [5, 5.41) is 9.87. The fraction of sp³-hybridized carbons (Fsp3) is 0.0330. The lowest BCUT2D eigenvalue weighted by molar-refractivity contribution is 0.660. The average molecular weight is 1210 g/mol. The van der Waals surface area contributed by atoms with Gasteiger partial charge in [0, 0.05) is 71.6 Å². The number of para-hydroxylation sites is 6. The molecule has 0 unspecified atom stereocenters. The summed E-state index contributed by atoms with van der Waals surface area (Å²) in [5.41, 5.74) is 28.4. The topological polar surface area (TPSA) is 18.0 Å². The van der Waals surface area contributed by atoms with Crippen molar-refractivity contribution in [1.82, 2.24) is 13.7 Å². The number of aromatic nitrogens is 3. The molecule has 446 valence electrons. The fourth-order valence-electron chi connectivity index (χ4n) is 15.9. The Morgan fingerprint density at radius 3 is 1.16 bits per heavy atom. The van der Waals surface area contributed by atoms with Crippen LogP contribution < -0.4 is 4.90 Å². The minimum atomic E-state index is -0.305. The molecule has 0 N–H and O–H groups in total. The largest absolute Gasteiger partial charge is 0.310 e. The Morgan fingerprint density at radius 1 is 0.221 bits per heavy atom. The minimum Gasteiger partial charge on any atom is -0.310 e. The lowest BCUT2D eigenvalue weighted by Crippen LogP contribution is -2.17. The fourth-order valence-corrected chi connectivity index (χ4v) is 15.9. The van der Waals surface area contributed by atoms with Crippen LogP contribution in [0.15, 0.2) is 340 Å². The van der Waals surface area contributed by atoms with Gasteiger partial charge >= 0.3 is 0 Å². The van der Waals surface area contributed by atoms with E-state index in [0.717, 1.165) is 39.7 Å². The Kier molecular flexibility index (Phi) is 12.3. The van der Waals surface area contributed by atoms with Gasteiger partial charge in [0.1, 0.15) is 0 Å². The second-order valence-electron chi connectivity index (χ2n) is 26.0. The van der Waals surface area contributed by atoms with Crippen LogP contribution in [0, 0.1) is 0 Å². The van der Waals surface area contributed by atoms with Crippen molar-refractivity contribution in [1.29, 1.82) is 0 Å². The summed E-state index contributed by atoms with van der Waals surface area (Å²) in [6, 6.07) is 126. The average Bonchev–Trinajstić information content (AvgIpc) is 1.64. The highest BCUT2D eigenvalue weighted by Gasteiger charge is 2.37. The quantitative estimate of drug-likeness (QED) is 0.133. The number of benzene rings is 15. The lowest BCUT2D eigenvalue weighted by Gasteiger charge is -2.29. The van der Waals surface area contributed by atoms with Gasteiger partial charge in [-0.3, -0.25) is 0 Å². The molecule has 4 heteroatoms. The molecule has 0 radical (unpaired) electrons. The first-order chi connectivity index (χ1) is 46.9. The summed E-state index contributed by atoms with van der Waals surface area (Å²) in [6.45, 7) is 4.82. The van der Waals surface area contributed by atoms with E-state index in [9.17, 15) is 0 Å². The summed E-state index contributed by atoms with van der Waals surface area (Å²) in [4.78, 5) is 2.49. The van der Waals surface area contributed by atoms with E-state index >= 15 is 0 Å². The van der Waals surface area contributed by atoms with Gasteiger partial charge in [0.05, 0.1) is 38.8 Å². The van der Waals surface area contributed by atoms with Crippen molar-refractivity contribution in [2.75, 3.05) is 4.90 Å². The van der Waals surface area contributed by atoms with Crippen molar-refractivity contribution in [3.05, 3.63) is 351 Å². The molecule has 1 aliphatic carbocycles. The second-order valence-corrected chi connectivity index (χ2v) is 26.0. The minimum absolute atomic E-state index is 0.305. The third kappa shape index (κ3) is 8.61. The van der Waals surface area contributed by atoms with E-state index in [1.165, 1.54) is 137 Å². The maximum atomic E-state index is 2.49. The molecule has 0 bridgehead atoms. The maximum absolute atomic E-state index is 2.49. The van der Waals surface area contributed by atoms with E-state index in [1.807, 2.05) is 0 Å². The number of fused-ring (bicyclic) bond motifs is 13. The number of nitrogens with zero attached hydrogens (tertiary/aromatic N) is 4. The van der Waals surface area contributed by atoms with Crippen LogP contribution in [0.5, 0.6) is 0 Å². The van der Waals surface area contributed by atoms with Crippen LogP contribution in [0.25, 0.3) is 149 Å². The monoisotopic (exact) mass is 1210 g/mol. The predicted octanol–water partition coefficient (Wildman–Crippen LogP) is 24.6. The van der Waals surface area contributed by atoms with Crippen LogP contribution in [0.4, 0.5) is 17.1 Å². The molecule has 3 heterocycles. The molecule has 18 aromatic rings. The lowest BCUT2D eigenvalue weighted by atomic mass is 9.81. The van der Waals surface area contributed by atoms with Crippen molar-refractivity contribution < 1.29 is 0 Å². The Balaban J connectivity index is 0.714. The molecule has 0 atom stereocenters. The van der Waals surface area contributed by atoms with E-state index in [0.29, 0.717) is 0 Å². The van der Waals surface area contributed by atoms with Gasteiger partial charge in [-0.1, -0.05) is 238 Å². The molecule has 95 heavy (non-hydrogen) atoms. The smallest absolute Gasteiger partial charge is 0.0547 e. The molecule has 19 rings (SSSR count). The van der Waals surface area contributed by atoms with Gasteiger partial charge in [-0.2, -0.15) is 0 Å². The SMILES string of the molecule is CC1(C)c2cc(-c3ccc4c5ccccc5n(-c5ccccc5)c4c3)ccc2-c2ccc(N(c3ccc(-c4ccc(-c5ccc6c(c5)c5ccccc5n6-c5ccccc5)cc4)cc3)c3ccc(-c4ccc5c6ccccc6n(-c6ccccc6)c5c4)c4ccccc34)cc21. The molecular formula is C91H62N4. The standard InChI is InChI=1S/C91H62N4/c1-91(2)82-55-63(64-41-48-79-76-28-14-17-31-84(76)94(89(79)56-64)67-22-8-4-9-23-67)40-47-73(82)74-50-46-70(58-83(74)91)92(87-53-51-71(72-26-12-13-27-75(72)87)65-42-49-80-77-29-15-18-32-85(77)95(90(80)57-65)68-24-10-5-11-25-68)69-44-38-60(39-45-69)59-34-36-61(37-35-59)62-43-52-88-81(54-62)78-30-16-19-33-86(78)93(88)66-20-6-3-7-21-66/h3-58H,1-2H3. The summed E-state index contributed by atoms with van der Waals surface area (Å²) in [5.74, 6) is 0. The zero-order valence-corrected chi connectivity index (χ0v) is 52.6. The Morgan fingerprint density at radius 2 is 0.579 bits per heavy atom. The van der Waals surface area contributed by atoms with E-state index in [1.54, 1.807) is 0 Å². The molecule has 0 amide bonds. The maximum Gasteiger partial charge on any atom is 0.0547 e. The summed E-state index contributed by atoms with van der Waals surface area (Å²) in [6.07, 6.45) is 0. The first-order valence-electron chi connectivity index (χ1n) is 33.0. The predicted molar refractivity (Wildman–Crippen MR) is 401 cm³/mol. The molecular weight excluding hydrogens is 1150 g/mol. The molecule has 1 aliphatic rings. The van der Waals surface area contributed by atoms with Crippen LogP contribution in [-0.4, -0.2) is 13.7 Å². The van der Waals surface area contributed by atoms with Crippen LogP contribution in [0.2, 0.25) is 0 Å². The number of anilines is 3. The number of hydrogen-bond donors (Lipinski definition) is 0. The molecule has 0 saturated carbocycles. The van der Waals surface area contributed by atoms with Gasteiger partial charge in [-0.05, 0) is 187 Å². The van der Waals surface area contributed by atoms with Gasteiger partial charge in [-0.15, -0.1) is 0 Å². The highest BCUT2D eigenvalue weighted by atomic mass is 15.1. The molecule has 0 saturated heterocycles. The van der Waals surface area contributed by atoms with E-state index in [4.69, 9.17) is 0 Å². The molecule has 0 fully saturated rings. The van der Waals surface area contributed by atoms with E-state index in [2.05, 4.69) is 372 Å². The zero-order chi connectivity index (χ0) is 62.9.